The lowest BCUT2D eigenvalue weighted by Crippen LogP contribution is -2.09. The minimum atomic E-state index is 0.176. The number of rotatable bonds is 8. The molecule has 0 radical (unpaired) electrons. The first kappa shape index (κ1) is 13.3. The van der Waals surface area contributed by atoms with Crippen molar-refractivity contribution in [2.75, 3.05) is 19.8 Å². The summed E-state index contributed by atoms with van der Waals surface area (Å²) < 4.78 is 5.16. The molecule has 0 unspecified atom stereocenters. The summed E-state index contributed by atoms with van der Waals surface area (Å²) in [6.07, 6.45) is 4.92. The van der Waals surface area contributed by atoms with Crippen LogP contribution in [-0.4, -0.2) is 25.5 Å². The second kappa shape index (κ2) is 8.91. The molecule has 0 saturated carbocycles. The van der Waals surface area contributed by atoms with Crippen molar-refractivity contribution in [1.82, 2.24) is 0 Å². The van der Waals surface area contributed by atoms with Crippen molar-refractivity contribution in [3.63, 3.8) is 0 Å². The van der Waals surface area contributed by atoms with Crippen LogP contribution in [0.4, 0.5) is 0 Å². The van der Waals surface area contributed by atoms with Gasteiger partial charge >= 0.3 is 0 Å². The van der Waals surface area contributed by atoms with Crippen molar-refractivity contribution < 1.29 is 9.53 Å². The molecule has 0 aliphatic rings. The average molecular weight is 199 g/mol. The standard InChI is InChI=1S/C11H21NO2/c1-10(2)5-6-11(13)4-3-8-14-9-7-12/h5-6,10H,3-4,7-9,12H2,1-2H3/b6-5+. The molecule has 0 rings (SSSR count). The van der Waals surface area contributed by atoms with Crippen molar-refractivity contribution in [2.24, 2.45) is 11.7 Å². The van der Waals surface area contributed by atoms with Crippen molar-refractivity contribution in [2.45, 2.75) is 26.7 Å². The van der Waals surface area contributed by atoms with Crippen LogP contribution in [0.25, 0.3) is 0 Å². The molecule has 0 spiro atoms. The number of carbonyl (C=O) groups is 1. The van der Waals surface area contributed by atoms with Crippen molar-refractivity contribution >= 4 is 5.78 Å². The number of hydrogen-bond acceptors (Lipinski definition) is 3. The van der Waals surface area contributed by atoms with Gasteiger partial charge in [0.05, 0.1) is 6.61 Å². The fourth-order valence-corrected chi connectivity index (χ4v) is 0.917. The largest absolute Gasteiger partial charge is 0.380 e. The third kappa shape index (κ3) is 9.42. The molecule has 0 aromatic heterocycles. The molecule has 0 atom stereocenters. The highest BCUT2D eigenvalue weighted by atomic mass is 16.5. The Bertz CT molecular complexity index is 176. The van der Waals surface area contributed by atoms with E-state index in [0.29, 0.717) is 32.1 Å². The molecule has 3 nitrogen and oxygen atoms in total. The predicted octanol–water partition coefficient (Wildman–Crippen LogP) is 1.52. The van der Waals surface area contributed by atoms with Gasteiger partial charge in [0.1, 0.15) is 0 Å². The fraction of sp³-hybridized carbons (Fsp3) is 0.727. The Balaban J connectivity index is 3.36. The Kier molecular flexibility index (Phi) is 8.48. The van der Waals surface area contributed by atoms with Crippen LogP contribution >= 0.6 is 0 Å². The van der Waals surface area contributed by atoms with Crippen LogP contribution in [0, 0.1) is 5.92 Å². The highest BCUT2D eigenvalue weighted by Gasteiger charge is 1.96. The van der Waals surface area contributed by atoms with E-state index >= 15 is 0 Å². The van der Waals surface area contributed by atoms with E-state index in [2.05, 4.69) is 0 Å². The lowest BCUT2D eigenvalue weighted by Gasteiger charge is -2.00. The summed E-state index contributed by atoms with van der Waals surface area (Å²) in [7, 11) is 0. The molecule has 0 aromatic carbocycles. The maximum Gasteiger partial charge on any atom is 0.155 e. The Morgan fingerprint density at radius 3 is 2.71 bits per heavy atom. The summed E-state index contributed by atoms with van der Waals surface area (Å²) in [5.41, 5.74) is 5.25. The van der Waals surface area contributed by atoms with Gasteiger partial charge < -0.3 is 10.5 Å². The summed E-state index contributed by atoms with van der Waals surface area (Å²) in [5.74, 6) is 0.613. The van der Waals surface area contributed by atoms with Gasteiger partial charge in [0.15, 0.2) is 5.78 Å². The van der Waals surface area contributed by atoms with Crippen molar-refractivity contribution in [1.29, 1.82) is 0 Å². The Morgan fingerprint density at radius 2 is 2.14 bits per heavy atom. The molecule has 82 valence electrons. The van der Waals surface area contributed by atoms with Gasteiger partial charge in [-0.3, -0.25) is 4.79 Å². The van der Waals surface area contributed by atoms with Crippen LogP contribution in [0.1, 0.15) is 26.7 Å². The van der Waals surface area contributed by atoms with Gasteiger partial charge in [0, 0.05) is 19.6 Å². The monoisotopic (exact) mass is 199 g/mol. The molecule has 0 saturated heterocycles. The summed E-state index contributed by atoms with van der Waals surface area (Å²) in [4.78, 5) is 11.2. The summed E-state index contributed by atoms with van der Waals surface area (Å²) in [6.45, 7) is 5.85. The Hall–Kier alpha value is -0.670. The molecule has 0 amide bonds. The lowest BCUT2D eigenvalue weighted by atomic mass is 10.1. The highest BCUT2D eigenvalue weighted by molar-refractivity contribution is 5.89. The first-order valence-electron chi connectivity index (χ1n) is 5.15. The van der Waals surface area contributed by atoms with E-state index in [1.165, 1.54) is 0 Å². The Labute approximate surface area is 86.3 Å². The molecule has 0 aromatic rings. The molecule has 14 heavy (non-hydrogen) atoms. The highest BCUT2D eigenvalue weighted by Crippen LogP contribution is 1.97. The maximum atomic E-state index is 11.2. The minimum Gasteiger partial charge on any atom is -0.380 e. The molecule has 2 N–H and O–H groups in total. The number of hydrogen-bond donors (Lipinski definition) is 1. The van der Waals surface area contributed by atoms with E-state index in [1.807, 2.05) is 19.9 Å². The minimum absolute atomic E-state index is 0.176. The van der Waals surface area contributed by atoms with Gasteiger partial charge in [-0.05, 0) is 18.4 Å². The van der Waals surface area contributed by atoms with Crippen LogP contribution in [0.3, 0.4) is 0 Å². The number of ketones is 1. The van der Waals surface area contributed by atoms with E-state index in [9.17, 15) is 4.79 Å². The third-order valence-electron chi connectivity index (χ3n) is 1.64. The molecule has 0 fully saturated rings. The first-order chi connectivity index (χ1) is 6.66. The number of allylic oxidation sites excluding steroid dienone is 2. The van der Waals surface area contributed by atoms with E-state index in [1.54, 1.807) is 6.08 Å². The molecular weight excluding hydrogens is 178 g/mol. The van der Waals surface area contributed by atoms with E-state index < -0.39 is 0 Å². The third-order valence-corrected chi connectivity index (χ3v) is 1.64. The summed E-state index contributed by atoms with van der Waals surface area (Å²) in [5, 5.41) is 0. The second-order valence-electron chi connectivity index (χ2n) is 3.57. The van der Waals surface area contributed by atoms with Gasteiger partial charge in [0.2, 0.25) is 0 Å². The molecule has 0 aliphatic carbocycles. The topological polar surface area (TPSA) is 52.3 Å². The zero-order valence-corrected chi connectivity index (χ0v) is 9.16. The normalized spacial score (nSPS) is 11.4. The molecular formula is C11H21NO2. The van der Waals surface area contributed by atoms with Crippen LogP contribution in [0.5, 0.6) is 0 Å². The van der Waals surface area contributed by atoms with Gasteiger partial charge in [-0.15, -0.1) is 0 Å². The number of carbonyl (C=O) groups excluding carboxylic acids is 1. The quantitative estimate of drug-likeness (QED) is 0.476. The molecule has 0 bridgehead atoms. The number of nitrogens with two attached hydrogens (primary N) is 1. The maximum absolute atomic E-state index is 11.2. The SMILES string of the molecule is CC(C)/C=C/C(=O)CCCOCCN. The van der Waals surface area contributed by atoms with Crippen LogP contribution in [-0.2, 0) is 9.53 Å². The Morgan fingerprint density at radius 1 is 1.43 bits per heavy atom. The fourth-order valence-electron chi connectivity index (χ4n) is 0.917. The van der Waals surface area contributed by atoms with Gasteiger partial charge in [-0.2, -0.15) is 0 Å². The average Bonchev–Trinajstić information content (AvgIpc) is 2.14. The van der Waals surface area contributed by atoms with Gasteiger partial charge in [0.25, 0.3) is 0 Å². The van der Waals surface area contributed by atoms with Crippen LogP contribution < -0.4 is 5.73 Å². The van der Waals surface area contributed by atoms with Crippen molar-refractivity contribution in [3.05, 3.63) is 12.2 Å². The molecule has 0 aliphatic heterocycles. The zero-order chi connectivity index (χ0) is 10.8. The van der Waals surface area contributed by atoms with E-state index in [4.69, 9.17) is 10.5 Å². The van der Waals surface area contributed by atoms with Crippen LogP contribution in [0.15, 0.2) is 12.2 Å². The van der Waals surface area contributed by atoms with Crippen LogP contribution in [0.2, 0.25) is 0 Å². The van der Waals surface area contributed by atoms with Gasteiger partial charge in [-0.25, -0.2) is 0 Å². The zero-order valence-electron chi connectivity index (χ0n) is 9.16. The summed E-state index contributed by atoms with van der Waals surface area (Å²) in [6, 6.07) is 0. The predicted molar refractivity (Wildman–Crippen MR) is 58.1 cm³/mol. The number of ether oxygens (including phenoxy) is 1. The van der Waals surface area contributed by atoms with Gasteiger partial charge in [-0.1, -0.05) is 19.9 Å². The van der Waals surface area contributed by atoms with E-state index in [-0.39, 0.29) is 5.78 Å². The van der Waals surface area contributed by atoms with Crippen molar-refractivity contribution in [3.8, 4) is 0 Å². The summed E-state index contributed by atoms with van der Waals surface area (Å²) >= 11 is 0. The smallest absolute Gasteiger partial charge is 0.155 e. The molecule has 0 heterocycles. The first-order valence-corrected chi connectivity index (χ1v) is 5.15. The lowest BCUT2D eigenvalue weighted by molar-refractivity contribution is -0.114. The second-order valence-corrected chi connectivity index (χ2v) is 3.57. The van der Waals surface area contributed by atoms with E-state index in [0.717, 1.165) is 6.42 Å². The molecule has 3 heteroatoms.